The molecule has 5 heteroatoms. The summed E-state index contributed by atoms with van der Waals surface area (Å²) in [7, 11) is 0. The Balaban J connectivity index is 2.20. The van der Waals surface area contributed by atoms with Crippen molar-refractivity contribution >= 4 is 5.69 Å². The van der Waals surface area contributed by atoms with E-state index in [1.165, 1.54) is 12.1 Å². The van der Waals surface area contributed by atoms with E-state index in [0.29, 0.717) is 0 Å². The van der Waals surface area contributed by atoms with Crippen molar-refractivity contribution in [2.24, 2.45) is 0 Å². The summed E-state index contributed by atoms with van der Waals surface area (Å²) in [5.74, 6) is 0.127. The Bertz CT molecular complexity index is 433. The molecule has 1 heterocycles. The second-order valence-corrected chi connectivity index (χ2v) is 4.69. The minimum absolute atomic E-state index is 0.0619. The van der Waals surface area contributed by atoms with Gasteiger partial charge in [-0.3, -0.25) is 0 Å². The van der Waals surface area contributed by atoms with E-state index in [4.69, 9.17) is 0 Å². The number of anilines is 1. The van der Waals surface area contributed by atoms with Gasteiger partial charge in [0.2, 0.25) is 0 Å². The molecule has 94 valence electrons. The van der Waals surface area contributed by atoms with Crippen LogP contribution < -0.4 is 14.8 Å². The summed E-state index contributed by atoms with van der Waals surface area (Å²) in [5.41, 5.74) is 0.632. The number of nitrogens with one attached hydrogen (secondary N) is 1. The first kappa shape index (κ1) is 12.0. The maximum atomic E-state index is 12.8. The first-order valence-electron chi connectivity index (χ1n) is 5.49. The number of benzene rings is 1. The van der Waals surface area contributed by atoms with Crippen molar-refractivity contribution in [2.45, 2.75) is 39.0 Å². The molecule has 0 aromatic heterocycles. The van der Waals surface area contributed by atoms with E-state index in [9.17, 15) is 8.78 Å². The number of hydrogen-bond acceptors (Lipinski definition) is 3. The van der Waals surface area contributed by atoms with Crippen molar-refractivity contribution in [2.75, 3.05) is 5.32 Å². The van der Waals surface area contributed by atoms with Crippen LogP contribution in [0.1, 0.15) is 27.2 Å². The predicted molar refractivity (Wildman–Crippen MR) is 60.6 cm³/mol. The van der Waals surface area contributed by atoms with Crippen LogP contribution in [0.15, 0.2) is 18.2 Å². The van der Waals surface area contributed by atoms with E-state index in [1.807, 2.05) is 20.8 Å². The quantitative estimate of drug-likeness (QED) is 0.879. The number of hydrogen-bond donors (Lipinski definition) is 1. The fourth-order valence-corrected chi connectivity index (χ4v) is 1.51. The van der Waals surface area contributed by atoms with Gasteiger partial charge in [-0.1, -0.05) is 6.92 Å². The highest BCUT2D eigenvalue weighted by Gasteiger charge is 2.43. The lowest BCUT2D eigenvalue weighted by atomic mass is 10.0. The molecule has 3 nitrogen and oxygen atoms in total. The molecule has 17 heavy (non-hydrogen) atoms. The van der Waals surface area contributed by atoms with Gasteiger partial charge < -0.3 is 14.8 Å². The molecule has 0 saturated heterocycles. The maximum absolute atomic E-state index is 12.8. The topological polar surface area (TPSA) is 30.5 Å². The molecule has 0 bridgehead atoms. The highest BCUT2D eigenvalue weighted by Crippen LogP contribution is 2.42. The number of fused-ring (bicyclic) bond motifs is 1. The molecule has 0 fully saturated rings. The molecule has 1 aliphatic rings. The lowest BCUT2D eigenvalue weighted by Gasteiger charge is -2.25. The first-order chi connectivity index (χ1) is 7.81. The summed E-state index contributed by atoms with van der Waals surface area (Å²) in [6.45, 7) is 6.12. The standard InChI is InChI=1S/C12H15F2NO2/c1-4-11(2,3)15-8-5-6-9-10(7-8)17-12(13,14)16-9/h5-7,15H,4H2,1-3H3. The SMILES string of the molecule is CCC(C)(C)Nc1ccc2c(c1)OC(F)(F)O2. The van der Waals surface area contributed by atoms with Gasteiger partial charge in [-0.25, -0.2) is 0 Å². The van der Waals surface area contributed by atoms with Crippen LogP contribution >= 0.6 is 0 Å². The van der Waals surface area contributed by atoms with E-state index < -0.39 is 6.29 Å². The third kappa shape index (κ3) is 2.60. The van der Waals surface area contributed by atoms with Gasteiger partial charge in [-0.2, -0.15) is 0 Å². The average Bonchev–Trinajstić information content (AvgIpc) is 2.50. The molecular weight excluding hydrogens is 228 g/mol. The summed E-state index contributed by atoms with van der Waals surface area (Å²) >= 11 is 0. The molecular formula is C12H15F2NO2. The summed E-state index contributed by atoms with van der Waals surface area (Å²) in [6, 6.07) is 4.69. The lowest BCUT2D eigenvalue weighted by Crippen LogP contribution is -2.29. The summed E-state index contributed by atoms with van der Waals surface area (Å²) < 4.78 is 34.3. The van der Waals surface area contributed by atoms with Crippen molar-refractivity contribution in [3.05, 3.63) is 18.2 Å². The van der Waals surface area contributed by atoms with Gasteiger partial charge in [0.1, 0.15) is 0 Å². The Morgan fingerprint density at radius 3 is 2.53 bits per heavy atom. The molecule has 1 aromatic carbocycles. The van der Waals surface area contributed by atoms with E-state index in [2.05, 4.69) is 14.8 Å². The molecule has 0 saturated carbocycles. The predicted octanol–water partition coefficient (Wildman–Crippen LogP) is 3.61. The normalized spacial score (nSPS) is 17.0. The number of alkyl halides is 2. The van der Waals surface area contributed by atoms with Crippen molar-refractivity contribution in [3.63, 3.8) is 0 Å². The zero-order valence-corrected chi connectivity index (χ0v) is 10.0. The van der Waals surface area contributed by atoms with Crippen molar-refractivity contribution in [3.8, 4) is 11.5 Å². The lowest BCUT2D eigenvalue weighted by molar-refractivity contribution is -0.286. The fourth-order valence-electron chi connectivity index (χ4n) is 1.51. The Hall–Kier alpha value is -1.52. The van der Waals surface area contributed by atoms with Gasteiger partial charge in [0.25, 0.3) is 0 Å². The summed E-state index contributed by atoms with van der Waals surface area (Å²) in [6.07, 6.45) is -2.64. The fraction of sp³-hybridized carbons (Fsp3) is 0.500. The highest BCUT2D eigenvalue weighted by atomic mass is 19.3. The summed E-state index contributed by atoms with van der Waals surface area (Å²) in [4.78, 5) is 0. The minimum atomic E-state index is -3.55. The van der Waals surface area contributed by atoms with Gasteiger partial charge in [-0.15, -0.1) is 8.78 Å². The Morgan fingerprint density at radius 2 is 1.88 bits per heavy atom. The molecule has 1 aromatic rings. The first-order valence-corrected chi connectivity index (χ1v) is 5.49. The Morgan fingerprint density at radius 1 is 1.24 bits per heavy atom. The van der Waals surface area contributed by atoms with Crippen molar-refractivity contribution in [1.29, 1.82) is 0 Å². The van der Waals surface area contributed by atoms with Crippen LogP contribution in [0.2, 0.25) is 0 Å². The van der Waals surface area contributed by atoms with E-state index >= 15 is 0 Å². The molecule has 0 amide bonds. The second-order valence-electron chi connectivity index (χ2n) is 4.69. The zero-order valence-electron chi connectivity index (χ0n) is 10.0. The summed E-state index contributed by atoms with van der Waals surface area (Å²) in [5, 5.41) is 3.24. The monoisotopic (exact) mass is 243 g/mol. The second kappa shape index (κ2) is 3.75. The van der Waals surface area contributed by atoms with E-state index in [0.717, 1.165) is 12.1 Å². The van der Waals surface area contributed by atoms with Crippen LogP contribution in [-0.4, -0.2) is 11.8 Å². The molecule has 1 aliphatic heterocycles. The van der Waals surface area contributed by atoms with Crippen LogP contribution in [0.25, 0.3) is 0 Å². The van der Waals surface area contributed by atoms with Crippen LogP contribution in [0.3, 0.4) is 0 Å². The maximum Gasteiger partial charge on any atom is 0.586 e. The largest absolute Gasteiger partial charge is 0.586 e. The number of halogens is 2. The van der Waals surface area contributed by atoms with Gasteiger partial charge in [0.05, 0.1) is 0 Å². The van der Waals surface area contributed by atoms with E-state index in [-0.39, 0.29) is 17.0 Å². The van der Waals surface area contributed by atoms with Gasteiger partial charge >= 0.3 is 6.29 Å². The smallest absolute Gasteiger partial charge is 0.395 e. The Labute approximate surface area is 98.7 Å². The van der Waals surface area contributed by atoms with Crippen LogP contribution in [-0.2, 0) is 0 Å². The molecule has 0 atom stereocenters. The van der Waals surface area contributed by atoms with Crippen molar-refractivity contribution < 1.29 is 18.3 Å². The van der Waals surface area contributed by atoms with Crippen LogP contribution in [0.4, 0.5) is 14.5 Å². The molecule has 0 unspecified atom stereocenters. The van der Waals surface area contributed by atoms with Crippen LogP contribution in [0, 0.1) is 0 Å². The molecule has 0 spiro atoms. The van der Waals surface area contributed by atoms with Crippen LogP contribution in [0.5, 0.6) is 11.5 Å². The van der Waals surface area contributed by atoms with Gasteiger partial charge in [0, 0.05) is 17.3 Å². The molecule has 2 rings (SSSR count). The molecule has 1 N–H and O–H groups in total. The third-order valence-electron chi connectivity index (χ3n) is 2.77. The highest BCUT2D eigenvalue weighted by molar-refractivity contribution is 5.56. The number of ether oxygens (including phenoxy) is 2. The van der Waals surface area contributed by atoms with Gasteiger partial charge in [-0.05, 0) is 32.4 Å². The number of rotatable bonds is 3. The minimum Gasteiger partial charge on any atom is -0.395 e. The molecule has 0 radical (unpaired) electrons. The third-order valence-corrected chi connectivity index (χ3v) is 2.77. The van der Waals surface area contributed by atoms with E-state index in [1.54, 1.807) is 6.07 Å². The Kier molecular flexibility index (Phi) is 2.64. The average molecular weight is 243 g/mol. The van der Waals surface area contributed by atoms with Crippen molar-refractivity contribution in [1.82, 2.24) is 0 Å². The molecule has 0 aliphatic carbocycles. The zero-order chi connectivity index (χ0) is 12.7. The van der Waals surface area contributed by atoms with Gasteiger partial charge in [0.15, 0.2) is 11.5 Å².